The van der Waals surface area contributed by atoms with E-state index in [1.54, 1.807) is 6.19 Å². The average Bonchev–Trinajstić information content (AvgIpc) is 2.16. The minimum Gasteiger partial charge on any atom is -0.266 e. The average molecular weight is 146 g/mol. The van der Waals surface area contributed by atoms with E-state index in [2.05, 4.69) is 4.72 Å². The third kappa shape index (κ3) is 1.42. The molecule has 0 aromatic heterocycles. The molecule has 0 saturated carbocycles. The minimum absolute atomic E-state index is 0.709. The first-order valence-corrected chi connectivity index (χ1v) is 5.09. The molecule has 1 aliphatic heterocycles. The molecule has 0 radical (unpaired) electrons. The Morgan fingerprint density at radius 1 is 1.44 bits per heavy atom. The van der Waals surface area contributed by atoms with Gasteiger partial charge in [0.25, 0.3) is 0 Å². The molecule has 0 aromatic rings. The summed E-state index contributed by atoms with van der Waals surface area (Å²) in [5.74, 6) is 1.42. The van der Waals surface area contributed by atoms with Crippen molar-refractivity contribution in [3.8, 4) is 6.19 Å². The Bertz CT molecular complexity index is 174. The van der Waals surface area contributed by atoms with E-state index in [1.807, 2.05) is 0 Å². The van der Waals surface area contributed by atoms with Crippen LogP contribution in [0, 0.1) is 11.5 Å². The number of nitriles is 1. The van der Waals surface area contributed by atoms with Crippen molar-refractivity contribution >= 4 is 10.1 Å². The van der Waals surface area contributed by atoms with Gasteiger partial charge in [-0.05, 0) is 23.0 Å². The van der Waals surface area contributed by atoms with E-state index in [0.717, 1.165) is 12.8 Å². The van der Waals surface area contributed by atoms with Crippen molar-refractivity contribution in [3.05, 3.63) is 0 Å². The van der Waals surface area contributed by atoms with Crippen LogP contribution < -0.4 is 4.72 Å². The van der Waals surface area contributed by atoms with E-state index in [1.165, 1.54) is 0 Å². The molecule has 1 saturated heterocycles. The third-order valence-electron chi connectivity index (χ3n) is 1.54. The van der Waals surface area contributed by atoms with Crippen LogP contribution in [0.4, 0.5) is 0 Å². The summed E-state index contributed by atoms with van der Waals surface area (Å²) in [6.45, 7) is 0. The first-order chi connectivity index (χ1) is 4.27. The number of nitrogens with zero attached hydrogens (tertiary/aromatic N) is 1. The normalized spacial score (nSPS) is 26.6. The molecular weight excluding hydrogens is 136 g/mol. The summed E-state index contributed by atoms with van der Waals surface area (Å²) in [7, 11) is -2.18. The van der Waals surface area contributed by atoms with Crippen LogP contribution in [0.3, 0.4) is 0 Å². The van der Waals surface area contributed by atoms with Gasteiger partial charge in [0.15, 0.2) is 6.19 Å². The molecule has 3 nitrogen and oxygen atoms in total. The van der Waals surface area contributed by atoms with Crippen molar-refractivity contribution in [3.63, 3.8) is 0 Å². The zero-order valence-electron chi connectivity index (χ0n) is 5.13. The molecular formula is C5H10N2OS. The minimum atomic E-state index is -2.18. The Hall–Kier alpha value is -0.560. The van der Waals surface area contributed by atoms with Gasteiger partial charge in [-0.2, -0.15) is 5.26 Å². The Labute approximate surface area is 55.6 Å². The van der Waals surface area contributed by atoms with Gasteiger partial charge >= 0.3 is 0 Å². The monoisotopic (exact) mass is 146 g/mol. The SMILES string of the molecule is N#CN[SH]1(=O)CCCC1. The smallest absolute Gasteiger partial charge is 0.187 e. The van der Waals surface area contributed by atoms with Crippen LogP contribution in [0.25, 0.3) is 0 Å². The molecule has 0 aliphatic carbocycles. The largest absolute Gasteiger partial charge is 0.266 e. The van der Waals surface area contributed by atoms with E-state index in [-0.39, 0.29) is 0 Å². The predicted molar refractivity (Wildman–Crippen MR) is 37.3 cm³/mol. The second-order valence-corrected chi connectivity index (χ2v) is 5.16. The van der Waals surface area contributed by atoms with Gasteiger partial charge in [0, 0.05) is 11.5 Å². The molecule has 0 bridgehead atoms. The Kier molecular flexibility index (Phi) is 1.72. The molecule has 1 aliphatic rings. The van der Waals surface area contributed by atoms with E-state index in [9.17, 15) is 4.21 Å². The quantitative estimate of drug-likeness (QED) is 0.305. The fourth-order valence-electron chi connectivity index (χ4n) is 1.05. The topological polar surface area (TPSA) is 52.9 Å². The molecule has 0 spiro atoms. The van der Waals surface area contributed by atoms with Crippen molar-refractivity contribution in [2.45, 2.75) is 12.8 Å². The summed E-state index contributed by atoms with van der Waals surface area (Å²) in [6.07, 6.45) is 3.75. The molecule has 1 N–H and O–H groups in total. The highest BCUT2D eigenvalue weighted by Gasteiger charge is 2.18. The van der Waals surface area contributed by atoms with Gasteiger partial charge in [-0.15, -0.1) is 0 Å². The summed E-state index contributed by atoms with van der Waals surface area (Å²) in [6, 6.07) is 0. The molecule has 0 unspecified atom stereocenters. The number of rotatable bonds is 1. The van der Waals surface area contributed by atoms with E-state index in [0.29, 0.717) is 11.5 Å². The van der Waals surface area contributed by atoms with E-state index >= 15 is 0 Å². The molecule has 1 heterocycles. The van der Waals surface area contributed by atoms with Crippen molar-refractivity contribution in [1.29, 1.82) is 5.26 Å². The third-order valence-corrected chi connectivity index (χ3v) is 4.13. The van der Waals surface area contributed by atoms with Crippen molar-refractivity contribution < 1.29 is 4.21 Å². The highest BCUT2D eigenvalue weighted by Crippen LogP contribution is 2.14. The summed E-state index contributed by atoms with van der Waals surface area (Å²) >= 11 is 0. The summed E-state index contributed by atoms with van der Waals surface area (Å²) in [5, 5.41) is 8.16. The standard InChI is InChI=1S/C5H10N2OS/c6-5-7-9(8)3-1-2-4-9/h9H,1-4H2,(H,7,8). The first-order valence-electron chi connectivity index (χ1n) is 3.01. The predicted octanol–water partition coefficient (Wildman–Crippen LogP) is -0.217. The van der Waals surface area contributed by atoms with Crippen LogP contribution in [0.2, 0.25) is 0 Å². The molecule has 0 amide bonds. The number of hydrogen-bond acceptors (Lipinski definition) is 2. The maximum atomic E-state index is 11.3. The Balaban J connectivity index is 2.54. The van der Waals surface area contributed by atoms with Gasteiger partial charge in [-0.1, -0.05) is 0 Å². The highest BCUT2D eigenvalue weighted by atomic mass is 32.3. The fraction of sp³-hybridized carbons (Fsp3) is 0.800. The maximum Gasteiger partial charge on any atom is 0.187 e. The van der Waals surface area contributed by atoms with Crippen LogP contribution in [0.1, 0.15) is 12.8 Å². The summed E-state index contributed by atoms with van der Waals surface area (Å²) in [5.41, 5.74) is 0. The van der Waals surface area contributed by atoms with Crippen LogP contribution in [0.15, 0.2) is 0 Å². The summed E-state index contributed by atoms with van der Waals surface area (Å²) in [4.78, 5) is 0. The van der Waals surface area contributed by atoms with Gasteiger partial charge in [0.2, 0.25) is 0 Å². The van der Waals surface area contributed by atoms with Gasteiger partial charge in [-0.3, -0.25) is 8.93 Å². The zero-order chi connectivity index (χ0) is 6.74. The van der Waals surface area contributed by atoms with Gasteiger partial charge in [0.05, 0.1) is 0 Å². The van der Waals surface area contributed by atoms with Crippen molar-refractivity contribution in [2.24, 2.45) is 0 Å². The van der Waals surface area contributed by atoms with E-state index < -0.39 is 10.1 Å². The second-order valence-electron chi connectivity index (χ2n) is 2.27. The van der Waals surface area contributed by atoms with Gasteiger partial charge in [0.1, 0.15) is 0 Å². The molecule has 1 fully saturated rings. The van der Waals surface area contributed by atoms with Crippen molar-refractivity contribution in [2.75, 3.05) is 11.5 Å². The van der Waals surface area contributed by atoms with Gasteiger partial charge in [-0.25, -0.2) is 0 Å². The highest BCUT2D eigenvalue weighted by molar-refractivity contribution is 8.01. The number of nitrogens with one attached hydrogen (secondary N) is 1. The van der Waals surface area contributed by atoms with Crippen LogP contribution in [-0.4, -0.2) is 15.7 Å². The zero-order valence-corrected chi connectivity index (χ0v) is 6.03. The molecule has 4 heteroatoms. The number of hydrogen-bond donors (Lipinski definition) is 2. The maximum absolute atomic E-state index is 11.3. The first kappa shape index (κ1) is 6.56. The van der Waals surface area contributed by atoms with Crippen LogP contribution in [0.5, 0.6) is 0 Å². The Morgan fingerprint density at radius 2 is 2.00 bits per heavy atom. The second kappa shape index (κ2) is 2.36. The lowest BCUT2D eigenvalue weighted by atomic mass is 10.4. The Morgan fingerprint density at radius 3 is 2.44 bits per heavy atom. The molecule has 52 valence electrons. The molecule has 9 heavy (non-hydrogen) atoms. The van der Waals surface area contributed by atoms with Crippen molar-refractivity contribution in [1.82, 2.24) is 4.72 Å². The lowest BCUT2D eigenvalue weighted by molar-refractivity contribution is 0.671. The van der Waals surface area contributed by atoms with E-state index in [4.69, 9.17) is 5.26 Å². The lowest BCUT2D eigenvalue weighted by Gasteiger charge is -2.12. The fourth-order valence-corrected chi connectivity index (χ4v) is 3.15. The lowest BCUT2D eigenvalue weighted by Crippen LogP contribution is -2.28. The van der Waals surface area contributed by atoms with Crippen LogP contribution >= 0.6 is 0 Å². The molecule has 0 aromatic carbocycles. The molecule has 1 rings (SSSR count). The summed E-state index contributed by atoms with van der Waals surface area (Å²) < 4.78 is 13.7. The number of thiol groups is 1. The van der Waals surface area contributed by atoms with Gasteiger partial charge < -0.3 is 0 Å². The van der Waals surface area contributed by atoms with Crippen LogP contribution in [-0.2, 0) is 10.1 Å². The molecule has 0 atom stereocenters.